The fraction of sp³-hybridized carbons (Fsp3) is 0.429. The summed E-state index contributed by atoms with van der Waals surface area (Å²) in [7, 11) is 1.55. The number of carbonyl (C=O) groups is 1. The number of nitrogens with zero attached hydrogens (tertiary/aromatic N) is 5. The number of aromatic nitrogens is 4. The van der Waals surface area contributed by atoms with Crippen LogP contribution in [-0.2, 0) is 17.8 Å². The van der Waals surface area contributed by atoms with Crippen molar-refractivity contribution in [3.05, 3.63) is 70.7 Å². The third kappa shape index (κ3) is 5.60. The highest BCUT2D eigenvalue weighted by Crippen LogP contribution is 2.28. The zero-order valence-corrected chi connectivity index (χ0v) is 21.8. The van der Waals surface area contributed by atoms with Crippen molar-refractivity contribution in [3.63, 3.8) is 0 Å². The van der Waals surface area contributed by atoms with Crippen molar-refractivity contribution in [1.82, 2.24) is 23.8 Å². The quantitative estimate of drug-likeness (QED) is 0.365. The van der Waals surface area contributed by atoms with Crippen molar-refractivity contribution in [2.24, 2.45) is 5.92 Å². The summed E-state index contributed by atoms with van der Waals surface area (Å²) in [6, 6.07) is 7.56. The topological polar surface area (TPSA) is 91.0 Å². The van der Waals surface area contributed by atoms with Crippen LogP contribution in [0.3, 0.4) is 0 Å². The number of carbonyl (C=O) groups excluding carboxylic acids is 1. The molecule has 194 valence electrons. The van der Waals surface area contributed by atoms with Gasteiger partial charge in [-0.1, -0.05) is 12.5 Å². The maximum absolute atomic E-state index is 13.0. The number of fused-ring (bicyclic) bond motifs is 2. The molecular formula is C28H33N5O4. The van der Waals surface area contributed by atoms with Gasteiger partial charge in [-0.05, 0) is 62.6 Å². The van der Waals surface area contributed by atoms with Crippen molar-refractivity contribution in [1.29, 1.82) is 0 Å². The summed E-state index contributed by atoms with van der Waals surface area (Å²) < 4.78 is 14.4. The molecule has 0 saturated heterocycles. The Balaban J connectivity index is 1.36. The van der Waals surface area contributed by atoms with E-state index >= 15 is 0 Å². The molecule has 4 aromatic rings. The van der Waals surface area contributed by atoms with Gasteiger partial charge in [0.25, 0.3) is 5.56 Å². The molecule has 1 aliphatic rings. The Morgan fingerprint density at radius 1 is 1.19 bits per heavy atom. The molecule has 0 unspecified atom stereocenters. The van der Waals surface area contributed by atoms with E-state index in [1.165, 1.54) is 6.42 Å². The monoisotopic (exact) mass is 503 g/mol. The van der Waals surface area contributed by atoms with E-state index in [0.29, 0.717) is 36.8 Å². The lowest BCUT2D eigenvalue weighted by atomic mass is 9.85. The first-order valence-electron chi connectivity index (χ1n) is 12.7. The molecule has 1 amide bonds. The second-order valence-electron chi connectivity index (χ2n) is 10.8. The minimum atomic E-state index is -0.541. The third-order valence-corrected chi connectivity index (χ3v) is 6.67. The number of methoxy groups -OCH3 is 1. The molecule has 9 heteroatoms. The molecular weight excluding hydrogens is 470 g/mol. The van der Waals surface area contributed by atoms with Crippen molar-refractivity contribution in [2.75, 3.05) is 13.7 Å². The van der Waals surface area contributed by atoms with Gasteiger partial charge in [0.2, 0.25) is 5.88 Å². The molecule has 5 rings (SSSR count). The van der Waals surface area contributed by atoms with Gasteiger partial charge in [-0.3, -0.25) is 4.79 Å². The molecule has 1 fully saturated rings. The highest BCUT2D eigenvalue weighted by molar-refractivity contribution is 5.81. The number of hydrogen-bond acceptors (Lipinski definition) is 6. The molecule has 0 atom stereocenters. The van der Waals surface area contributed by atoms with Crippen LogP contribution in [0.1, 0.15) is 51.3 Å². The smallest absolute Gasteiger partial charge is 0.410 e. The molecule has 9 nitrogen and oxygen atoms in total. The molecule has 0 spiro atoms. The van der Waals surface area contributed by atoms with E-state index in [-0.39, 0.29) is 11.7 Å². The Labute approximate surface area is 215 Å². The van der Waals surface area contributed by atoms with Crippen LogP contribution in [0.5, 0.6) is 5.88 Å². The van der Waals surface area contributed by atoms with E-state index in [4.69, 9.17) is 14.5 Å². The van der Waals surface area contributed by atoms with Crippen LogP contribution < -0.4 is 10.3 Å². The largest absolute Gasteiger partial charge is 0.481 e. The Hall–Kier alpha value is -3.88. The predicted octanol–water partition coefficient (Wildman–Crippen LogP) is 4.64. The van der Waals surface area contributed by atoms with Crippen LogP contribution in [0.25, 0.3) is 16.4 Å². The number of amides is 1. The van der Waals surface area contributed by atoms with Crippen LogP contribution in [0, 0.1) is 5.92 Å². The summed E-state index contributed by atoms with van der Waals surface area (Å²) in [5.41, 5.74) is 1.86. The van der Waals surface area contributed by atoms with Gasteiger partial charge < -0.3 is 23.3 Å². The highest BCUT2D eigenvalue weighted by Gasteiger charge is 2.27. The Morgan fingerprint density at radius 2 is 2.00 bits per heavy atom. The Kier molecular flexibility index (Phi) is 6.62. The first-order chi connectivity index (χ1) is 17.7. The van der Waals surface area contributed by atoms with Gasteiger partial charge in [-0.15, -0.1) is 0 Å². The first-order valence-corrected chi connectivity index (χ1v) is 12.7. The van der Waals surface area contributed by atoms with Crippen LogP contribution >= 0.6 is 0 Å². The lowest BCUT2D eigenvalue weighted by molar-refractivity contribution is 0.0173. The maximum Gasteiger partial charge on any atom is 0.410 e. The van der Waals surface area contributed by atoms with Crippen LogP contribution in [0.15, 0.2) is 53.8 Å². The molecule has 1 saturated carbocycles. The summed E-state index contributed by atoms with van der Waals surface area (Å²) in [6.07, 6.45) is 10.5. The number of imidazole rings is 1. The van der Waals surface area contributed by atoms with Crippen molar-refractivity contribution in [3.8, 4) is 5.88 Å². The zero-order valence-electron chi connectivity index (χ0n) is 21.8. The van der Waals surface area contributed by atoms with Gasteiger partial charge in [0.05, 0.1) is 31.3 Å². The molecule has 0 radical (unpaired) electrons. The molecule has 4 heterocycles. The standard InChI is InChI=1S/C28H33N5O4/c1-28(2,3)37-27(35)33(14-19-6-5-7-19)16-20-8-9-24-30-22(18-32(24)15-20)17-31-11-10-21-12-25(36-4)29-13-23(21)26(31)34/h8-13,15,18-19H,5-7,14,16-17H2,1-4H3. The average molecular weight is 504 g/mol. The van der Waals surface area contributed by atoms with Gasteiger partial charge >= 0.3 is 6.09 Å². The van der Waals surface area contributed by atoms with Crippen LogP contribution in [0.2, 0.25) is 0 Å². The molecule has 37 heavy (non-hydrogen) atoms. The minimum Gasteiger partial charge on any atom is -0.481 e. The molecule has 0 aromatic carbocycles. The minimum absolute atomic E-state index is 0.130. The lowest BCUT2D eigenvalue weighted by Crippen LogP contribution is -2.40. The number of pyridine rings is 3. The molecule has 0 aliphatic heterocycles. The SMILES string of the molecule is COc1cc2ccn(Cc3cn4cc(CN(CC5CCC5)C(=O)OC(C)(C)C)ccc4n3)c(=O)c2cn1. The lowest BCUT2D eigenvalue weighted by Gasteiger charge is -2.33. The van der Waals surface area contributed by atoms with E-state index in [9.17, 15) is 9.59 Å². The second-order valence-corrected chi connectivity index (χ2v) is 10.8. The van der Waals surface area contributed by atoms with Gasteiger partial charge in [0, 0.05) is 37.4 Å². The van der Waals surface area contributed by atoms with Gasteiger partial charge in [-0.2, -0.15) is 0 Å². The average Bonchev–Trinajstić information content (AvgIpc) is 3.22. The summed E-state index contributed by atoms with van der Waals surface area (Å²) >= 11 is 0. The third-order valence-electron chi connectivity index (χ3n) is 6.67. The number of rotatable bonds is 7. The van der Waals surface area contributed by atoms with E-state index in [1.807, 2.05) is 60.7 Å². The molecule has 0 bridgehead atoms. The zero-order chi connectivity index (χ0) is 26.2. The van der Waals surface area contributed by atoms with Crippen LogP contribution in [0.4, 0.5) is 4.79 Å². The first kappa shape index (κ1) is 24.8. The van der Waals surface area contributed by atoms with Gasteiger partial charge in [0.1, 0.15) is 11.2 Å². The Morgan fingerprint density at radius 3 is 2.70 bits per heavy atom. The number of hydrogen-bond donors (Lipinski definition) is 0. The predicted molar refractivity (Wildman–Crippen MR) is 141 cm³/mol. The van der Waals surface area contributed by atoms with Crippen LogP contribution in [-0.4, -0.2) is 49.2 Å². The summed E-state index contributed by atoms with van der Waals surface area (Å²) in [4.78, 5) is 36.6. The van der Waals surface area contributed by atoms with Crippen molar-refractivity contribution >= 4 is 22.5 Å². The fourth-order valence-electron chi connectivity index (χ4n) is 4.57. The van der Waals surface area contributed by atoms with Crippen molar-refractivity contribution < 1.29 is 14.3 Å². The van der Waals surface area contributed by atoms with Gasteiger partial charge in [-0.25, -0.2) is 14.8 Å². The molecule has 1 aliphatic carbocycles. The summed E-state index contributed by atoms with van der Waals surface area (Å²) in [5.74, 6) is 1.01. The van der Waals surface area contributed by atoms with E-state index in [2.05, 4.69) is 4.98 Å². The van der Waals surface area contributed by atoms with E-state index in [0.717, 1.165) is 35.1 Å². The summed E-state index contributed by atoms with van der Waals surface area (Å²) in [6.45, 7) is 7.17. The molecule has 4 aromatic heterocycles. The maximum atomic E-state index is 13.0. The summed E-state index contributed by atoms with van der Waals surface area (Å²) in [5, 5.41) is 1.31. The highest BCUT2D eigenvalue weighted by atomic mass is 16.6. The van der Waals surface area contributed by atoms with E-state index in [1.54, 1.807) is 30.1 Å². The number of ether oxygens (including phenoxy) is 2. The Bertz CT molecular complexity index is 1500. The second kappa shape index (κ2) is 9.88. The normalized spacial score (nSPS) is 14.1. The molecule has 0 N–H and O–H groups in total. The fourth-order valence-corrected chi connectivity index (χ4v) is 4.57. The van der Waals surface area contributed by atoms with Crippen molar-refractivity contribution in [2.45, 2.75) is 58.7 Å². The van der Waals surface area contributed by atoms with Gasteiger partial charge in [0.15, 0.2) is 0 Å². The van der Waals surface area contributed by atoms with E-state index < -0.39 is 5.60 Å².